The Labute approximate surface area is 80.6 Å². The van der Waals surface area contributed by atoms with Gasteiger partial charge in [0, 0.05) is 16.3 Å². The SMILES string of the molecule is CCc1c(Br)ccc2c1C=NC2. The van der Waals surface area contributed by atoms with Crippen LogP contribution in [0.3, 0.4) is 0 Å². The van der Waals surface area contributed by atoms with E-state index in [4.69, 9.17) is 0 Å². The minimum atomic E-state index is 0.857. The quantitative estimate of drug-likeness (QED) is 0.695. The molecule has 1 nitrogen and oxygen atoms in total. The Bertz CT molecular complexity index is 342. The molecule has 0 amide bonds. The summed E-state index contributed by atoms with van der Waals surface area (Å²) >= 11 is 3.55. The molecule has 1 aromatic carbocycles. The molecule has 0 aromatic heterocycles. The fraction of sp³-hybridized carbons (Fsp3) is 0.300. The lowest BCUT2D eigenvalue weighted by Crippen LogP contribution is -1.93. The van der Waals surface area contributed by atoms with Crippen molar-refractivity contribution in [3.8, 4) is 0 Å². The van der Waals surface area contributed by atoms with Gasteiger partial charge >= 0.3 is 0 Å². The van der Waals surface area contributed by atoms with Crippen molar-refractivity contribution in [2.24, 2.45) is 4.99 Å². The smallest absolute Gasteiger partial charge is 0.0646 e. The largest absolute Gasteiger partial charge is 0.288 e. The molecule has 0 aliphatic carbocycles. The molecule has 2 rings (SSSR count). The molecule has 12 heavy (non-hydrogen) atoms. The van der Waals surface area contributed by atoms with Gasteiger partial charge in [-0.2, -0.15) is 0 Å². The summed E-state index contributed by atoms with van der Waals surface area (Å²) in [6.45, 7) is 3.03. The lowest BCUT2D eigenvalue weighted by molar-refractivity contribution is 1.08. The highest BCUT2D eigenvalue weighted by atomic mass is 79.9. The molecule has 1 aliphatic heterocycles. The molecule has 0 fully saturated rings. The third-order valence-electron chi connectivity index (χ3n) is 2.23. The van der Waals surface area contributed by atoms with Crippen molar-refractivity contribution in [3.05, 3.63) is 33.3 Å². The molecule has 1 aromatic rings. The standard InChI is InChI=1S/C10H10BrN/c1-2-8-9-6-12-5-7(9)3-4-10(8)11/h3-4,6H,2,5H2,1H3. The van der Waals surface area contributed by atoms with Gasteiger partial charge in [-0.3, -0.25) is 4.99 Å². The second-order valence-electron chi connectivity index (χ2n) is 2.92. The molecule has 1 aliphatic rings. The zero-order valence-electron chi connectivity index (χ0n) is 6.97. The van der Waals surface area contributed by atoms with E-state index in [9.17, 15) is 0 Å². The van der Waals surface area contributed by atoms with Crippen LogP contribution in [0.4, 0.5) is 0 Å². The van der Waals surface area contributed by atoms with Crippen LogP contribution in [0.25, 0.3) is 0 Å². The van der Waals surface area contributed by atoms with Gasteiger partial charge in [0.05, 0.1) is 6.54 Å². The Morgan fingerprint density at radius 3 is 3.08 bits per heavy atom. The van der Waals surface area contributed by atoms with Gasteiger partial charge in [0.25, 0.3) is 0 Å². The van der Waals surface area contributed by atoms with Crippen LogP contribution in [-0.4, -0.2) is 6.21 Å². The van der Waals surface area contributed by atoms with Crippen molar-refractivity contribution in [3.63, 3.8) is 0 Å². The van der Waals surface area contributed by atoms with Crippen LogP contribution in [0.2, 0.25) is 0 Å². The first-order chi connectivity index (χ1) is 5.83. The second kappa shape index (κ2) is 3.02. The number of hydrogen-bond acceptors (Lipinski definition) is 1. The number of aliphatic imine (C=N–C) groups is 1. The third-order valence-corrected chi connectivity index (χ3v) is 2.97. The number of rotatable bonds is 1. The summed E-state index contributed by atoms with van der Waals surface area (Å²) in [5.41, 5.74) is 4.07. The van der Waals surface area contributed by atoms with E-state index < -0.39 is 0 Å². The number of nitrogens with zero attached hydrogens (tertiary/aromatic N) is 1. The third kappa shape index (κ3) is 1.11. The molecule has 0 atom stereocenters. The van der Waals surface area contributed by atoms with Crippen molar-refractivity contribution in [1.29, 1.82) is 0 Å². The molecule has 0 saturated carbocycles. The monoisotopic (exact) mass is 223 g/mol. The number of fused-ring (bicyclic) bond motifs is 1. The lowest BCUT2D eigenvalue weighted by Gasteiger charge is -2.06. The Morgan fingerprint density at radius 1 is 1.50 bits per heavy atom. The second-order valence-corrected chi connectivity index (χ2v) is 3.78. The van der Waals surface area contributed by atoms with Crippen molar-refractivity contribution in [2.75, 3.05) is 0 Å². The summed E-state index contributed by atoms with van der Waals surface area (Å²) < 4.78 is 1.21. The van der Waals surface area contributed by atoms with Gasteiger partial charge in [0.1, 0.15) is 0 Å². The average molecular weight is 224 g/mol. The highest BCUT2D eigenvalue weighted by molar-refractivity contribution is 9.10. The van der Waals surface area contributed by atoms with Crippen LogP contribution in [0.15, 0.2) is 21.6 Å². The molecule has 0 N–H and O–H groups in total. The van der Waals surface area contributed by atoms with Gasteiger partial charge < -0.3 is 0 Å². The van der Waals surface area contributed by atoms with Gasteiger partial charge in [0.15, 0.2) is 0 Å². The number of benzene rings is 1. The fourth-order valence-corrected chi connectivity index (χ4v) is 2.21. The zero-order chi connectivity index (χ0) is 8.55. The van der Waals surface area contributed by atoms with Gasteiger partial charge in [-0.15, -0.1) is 0 Å². The summed E-state index contributed by atoms with van der Waals surface area (Å²) in [5.74, 6) is 0. The van der Waals surface area contributed by atoms with Crippen LogP contribution in [0.1, 0.15) is 23.6 Å². The van der Waals surface area contributed by atoms with Crippen LogP contribution in [0.5, 0.6) is 0 Å². The van der Waals surface area contributed by atoms with Gasteiger partial charge in [-0.25, -0.2) is 0 Å². The highest BCUT2D eigenvalue weighted by Crippen LogP contribution is 2.26. The highest BCUT2D eigenvalue weighted by Gasteiger charge is 2.11. The molecule has 1 heterocycles. The van der Waals surface area contributed by atoms with Crippen molar-refractivity contribution < 1.29 is 0 Å². The Kier molecular flexibility index (Phi) is 2.01. The van der Waals surface area contributed by atoms with Crippen LogP contribution >= 0.6 is 15.9 Å². The Balaban J connectivity index is 2.64. The van der Waals surface area contributed by atoms with Crippen LogP contribution < -0.4 is 0 Å². The summed E-state index contributed by atoms with van der Waals surface area (Å²) in [5, 5.41) is 0. The Hall–Kier alpha value is -0.630. The van der Waals surface area contributed by atoms with E-state index in [1.807, 2.05) is 6.21 Å². The minimum Gasteiger partial charge on any atom is -0.288 e. The van der Waals surface area contributed by atoms with E-state index in [0.29, 0.717) is 0 Å². The summed E-state index contributed by atoms with van der Waals surface area (Å²) in [4.78, 5) is 4.26. The predicted octanol–water partition coefficient (Wildman–Crippen LogP) is 2.94. The van der Waals surface area contributed by atoms with E-state index >= 15 is 0 Å². The van der Waals surface area contributed by atoms with E-state index in [2.05, 4.69) is 40.0 Å². The van der Waals surface area contributed by atoms with Gasteiger partial charge in [0.2, 0.25) is 0 Å². The molecule has 0 spiro atoms. The van der Waals surface area contributed by atoms with E-state index in [1.54, 1.807) is 0 Å². The fourth-order valence-electron chi connectivity index (χ4n) is 1.58. The Morgan fingerprint density at radius 2 is 2.33 bits per heavy atom. The van der Waals surface area contributed by atoms with E-state index in [-0.39, 0.29) is 0 Å². The average Bonchev–Trinajstić information content (AvgIpc) is 2.52. The zero-order valence-corrected chi connectivity index (χ0v) is 8.56. The first-order valence-corrected chi connectivity index (χ1v) is 4.92. The van der Waals surface area contributed by atoms with Crippen molar-refractivity contribution in [1.82, 2.24) is 0 Å². The van der Waals surface area contributed by atoms with Crippen LogP contribution in [0, 0.1) is 0 Å². The molecule has 0 saturated heterocycles. The normalized spacial score (nSPS) is 13.5. The van der Waals surface area contributed by atoms with Gasteiger partial charge in [-0.1, -0.05) is 28.9 Å². The summed E-state index contributed by atoms with van der Waals surface area (Å²) in [6.07, 6.45) is 3.05. The topological polar surface area (TPSA) is 12.4 Å². The van der Waals surface area contributed by atoms with E-state index in [1.165, 1.54) is 21.2 Å². The molecular weight excluding hydrogens is 214 g/mol. The lowest BCUT2D eigenvalue weighted by atomic mass is 10.0. The predicted molar refractivity (Wildman–Crippen MR) is 54.8 cm³/mol. The maximum absolute atomic E-state index is 4.26. The number of halogens is 1. The molecule has 0 unspecified atom stereocenters. The molecule has 0 bridgehead atoms. The first kappa shape index (κ1) is 7.99. The molecule has 0 radical (unpaired) electrons. The molecular formula is C10H10BrN. The summed E-state index contributed by atoms with van der Waals surface area (Å²) in [7, 11) is 0. The summed E-state index contributed by atoms with van der Waals surface area (Å²) in [6, 6.07) is 4.26. The maximum Gasteiger partial charge on any atom is 0.0646 e. The van der Waals surface area contributed by atoms with E-state index in [0.717, 1.165) is 13.0 Å². The maximum atomic E-state index is 4.26. The molecule has 2 heteroatoms. The first-order valence-electron chi connectivity index (χ1n) is 4.13. The minimum absolute atomic E-state index is 0.857. The molecule has 62 valence electrons. The number of hydrogen-bond donors (Lipinski definition) is 0. The van der Waals surface area contributed by atoms with Gasteiger partial charge in [-0.05, 0) is 23.6 Å². The van der Waals surface area contributed by atoms with Crippen molar-refractivity contribution >= 4 is 22.1 Å². The van der Waals surface area contributed by atoms with Crippen molar-refractivity contribution in [2.45, 2.75) is 19.9 Å². The van der Waals surface area contributed by atoms with Crippen LogP contribution in [-0.2, 0) is 13.0 Å².